The van der Waals surface area contributed by atoms with Gasteiger partial charge in [0.05, 0.1) is 0 Å². The van der Waals surface area contributed by atoms with Crippen molar-refractivity contribution in [1.29, 1.82) is 0 Å². The standard InChI is InChI=1S/C18H26/c1-7-8-13-17(3,4)14-18(5,6)16-11-9-15(2)10-12-16/h1,9-12H,8,13-14H2,2-6H3. The lowest BCUT2D eigenvalue weighted by Gasteiger charge is -2.35. The molecule has 0 saturated heterocycles. The fraction of sp³-hybridized carbons (Fsp3) is 0.556. The van der Waals surface area contributed by atoms with Crippen LogP contribution in [0.2, 0.25) is 0 Å². The maximum atomic E-state index is 5.38. The number of terminal acetylenes is 1. The third-order valence-electron chi connectivity index (χ3n) is 3.70. The molecule has 0 heteroatoms. The zero-order valence-electron chi connectivity index (χ0n) is 12.5. The van der Waals surface area contributed by atoms with Gasteiger partial charge in [0.1, 0.15) is 0 Å². The summed E-state index contributed by atoms with van der Waals surface area (Å²) in [5, 5.41) is 0. The quantitative estimate of drug-likeness (QED) is 0.630. The van der Waals surface area contributed by atoms with Crippen LogP contribution in [0.25, 0.3) is 0 Å². The van der Waals surface area contributed by atoms with Gasteiger partial charge in [0.15, 0.2) is 0 Å². The molecule has 0 nitrogen and oxygen atoms in total. The summed E-state index contributed by atoms with van der Waals surface area (Å²) in [6.45, 7) is 11.4. The third kappa shape index (κ3) is 4.22. The molecular weight excluding hydrogens is 216 g/mol. The summed E-state index contributed by atoms with van der Waals surface area (Å²) < 4.78 is 0. The van der Waals surface area contributed by atoms with Crippen LogP contribution < -0.4 is 0 Å². The van der Waals surface area contributed by atoms with Gasteiger partial charge < -0.3 is 0 Å². The van der Waals surface area contributed by atoms with Crippen molar-refractivity contribution in [2.45, 2.75) is 59.3 Å². The van der Waals surface area contributed by atoms with Crippen LogP contribution in [0.5, 0.6) is 0 Å². The summed E-state index contributed by atoms with van der Waals surface area (Å²) in [4.78, 5) is 0. The highest BCUT2D eigenvalue weighted by atomic mass is 14.3. The van der Waals surface area contributed by atoms with E-state index >= 15 is 0 Å². The first-order valence-electron chi connectivity index (χ1n) is 6.77. The van der Waals surface area contributed by atoms with Crippen molar-refractivity contribution in [3.8, 4) is 12.3 Å². The third-order valence-corrected chi connectivity index (χ3v) is 3.70. The van der Waals surface area contributed by atoms with Gasteiger partial charge in [0, 0.05) is 6.42 Å². The summed E-state index contributed by atoms with van der Waals surface area (Å²) in [5.74, 6) is 2.76. The van der Waals surface area contributed by atoms with Gasteiger partial charge in [-0.3, -0.25) is 0 Å². The number of hydrogen-bond donors (Lipinski definition) is 0. The normalized spacial score (nSPS) is 12.2. The largest absolute Gasteiger partial charge is 0.120 e. The SMILES string of the molecule is C#CCCC(C)(C)CC(C)(C)c1ccc(C)cc1. The predicted molar refractivity (Wildman–Crippen MR) is 80.7 cm³/mol. The first-order chi connectivity index (χ1) is 8.27. The van der Waals surface area contributed by atoms with Gasteiger partial charge in [-0.15, -0.1) is 12.3 Å². The molecule has 0 saturated carbocycles. The Morgan fingerprint density at radius 1 is 1.06 bits per heavy atom. The molecule has 0 fully saturated rings. The molecule has 0 heterocycles. The highest BCUT2D eigenvalue weighted by Gasteiger charge is 2.29. The zero-order chi connectivity index (χ0) is 13.8. The molecule has 0 bridgehead atoms. The molecule has 0 amide bonds. The van der Waals surface area contributed by atoms with Crippen LogP contribution in [-0.4, -0.2) is 0 Å². The summed E-state index contributed by atoms with van der Waals surface area (Å²) >= 11 is 0. The van der Waals surface area contributed by atoms with E-state index in [9.17, 15) is 0 Å². The molecule has 1 aromatic carbocycles. The average molecular weight is 242 g/mol. The second-order valence-corrected chi connectivity index (χ2v) is 6.80. The van der Waals surface area contributed by atoms with Crippen molar-refractivity contribution in [2.24, 2.45) is 5.41 Å². The van der Waals surface area contributed by atoms with Crippen molar-refractivity contribution in [1.82, 2.24) is 0 Å². The lowest BCUT2D eigenvalue weighted by Crippen LogP contribution is -2.26. The number of benzene rings is 1. The van der Waals surface area contributed by atoms with Gasteiger partial charge in [-0.2, -0.15) is 0 Å². The Morgan fingerprint density at radius 3 is 2.11 bits per heavy atom. The minimum absolute atomic E-state index is 0.200. The van der Waals surface area contributed by atoms with Gasteiger partial charge in [0.25, 0.3) is 0 Å². The molecule has 0 spiro atoms. The average Bonchev–Trinajstić information content (AvgIpc) is 2.25. The van der Waals surface area contributed by atoms with E-state index in [0.717, 1.165) is 19.3 Å². The summed E-state index contributed by atoms with van der Waals surface area (Å²) in [7, 11) is 0. The Bertz CT molecular complexity index is 412. The Labute approximate surface area is 113 Å². The minimum Gasteiger partial charge on any atom is -0.120 e. The van der Waals surface area contributed by atoms with Crippen molar-refractivity contribution in [2.75, 3.05) is 0 Å². The molecule has 0 radical (unpaired) electrons. The van der Waals surface area contributed by atoms with Crippen LogP contribution in [0.4, 0.5) is 0 Å². The zero-order valence-corrected chi connectivity index (χ0v) is 12.5. The molecule has 0 aromatic heterocycles. The first-order valence-corrected chi connectivity index (χ1v) is 6.77. The predicted octanol–water partition coefficient (Wildman–Crippen LogP) is 5.10. The lowest BCUT2D eigenvalue weighted by atomic mass is 9.70. The second kappa shape index (κ2) is 5.61. The van der Waals surface area contributed by atoms with Gasteiger partial charge in [-0.1, -0.05) is 57.5 Å². The molecule has 98 valence electrons. The summed E-state index contributed by atoms with van der Waals surface area (Å²) in [6.07, 6.45) is 8.50. The van der Waals surface area contributed by atoms with E-state index in [1.165, 1.54) is 11.1 Å². The van der Waals surface area contributed by atoms with E-state index in [1.807, 2.05) is 0 Å². The van der Waals surface area contributed by atoms with E-state index in [2.05, 4.69) is 64.8 Å². The van der Waals surface area contributed by atoms with Crippen LogP contribution in [0.3, 0.4) is 0 Å². The van der Waals surface area contributed by atoms with E-state index in [-0.39, 0.29) is 5.41 Å². The number of rotatable bonds is 5. The minimum atomic E-state index is 0.200. The molecule has 18 heavy (non-hydrogen) atoms. The monoisotopic (exact) mass is 242 g/mol. The molecule has 0 aliphatic rings. The van der Waals surface area contributed by atoms with E-state index in [1.54, 1.807) is 0 Å². The van der Waals surface area contributed by atoms with Crippen molar-refractivity contribution < 1.29 is 0 Å². The molecule has 0 unspecified atom stereocenters. The van der Waals surface area contributed by atoms with E-state index < -0.39 is 0 Å². The Balaban J connectivity index is 2.81. The Morgan fingerprint density at radius 2 is 1.61 bits per heavy atom. The maximum Gasteiger partial charge on any atom is 0.00911 e. The fourth-order valence-corrected chi connectivity index (χ4v) is 2.80. The molecule has 0 aliphatic heterocycles. The van der Waals surface area contributed by atoms with Crippen LogP contribution in [-0.2, 0) is 5.41 Å². The van der Waals surface area contributed by atoms with Crippen LogP contribution in [0.1, 0.15) is 58.1 Å². The Hall–Kier alpha value is -1.22. The summed E-state index contributed by atoms with van der Waals surface area (Å²) in [5.41, 5.74) is 3.23. The molecule has 1 aromatic rings. The molecule has 1 rings (SSSR count). The topological polar surface area (TPSA) is 0 Å². The van der Waals surface area contributed by atoms with Crippen LogP contribution >= 0.6 is 0 Å². The molecule has 0 N–H and O–H groups in total. The summed E-state index contributed by atoms with van der Waals surface area (Å²) in [6, 6.07) is 8.91. The second-order valence-electron chi connectivity index (χ2n) is 6.80. The molecular formula is C18H26. The van der Waals surface area contributed by atoms with Crippen molar-refractivity contribution >= 4 is 0 Å². The smallest absolute Gasteiger partial charge is 0.00911 e. The van der Waals surface area contributed by atoms with Crippen molar-refractivity contribution in [3.63, 3.8) is 0 Å². The number of hydrogen-bond acceptors (Lipinski definition) is 0. The van der Waals surface area contributed by atoms with Gasteiger partial charge >= 0.3 is 0 Å². The molecule has 0 aliphatic carbocycles. The van der Waals surface area contributed by atoms with Gasteiger partial charge in [0.2, 0.25) is 0 Å². The highest BCUT2D eigenvalue weighted by Crippen LogP contribution is 2.39. The van der Waals surface area contributed by atoms with Gasteiger partial charge in [-0.25, -0.2) is 0 Å². The molecule has 0 atom stereocenters. The first kappa shape index (κ1) is 14.8. The lowest BCUT2D eigenvalue weighted by molar-refractivity contribution is 0.242. The van der Waals surface area contributed by atoms with Crippen LogP contribution in [0.15, 0.2) is 24.3 Å². The number of aryl methyl sites for hydroxylation is 1. The Kier molecular flexibility index (Phi) is 4.63. The van der Waals surface area contributed by atoms with Gasteiger partial charge in [-0.05, 0) is 36.2 Å². The van der Waals surface area contributed by atoms with E-state index in [0.29, 0.717) is 5.41 Å². The fourth-order valence-electron chi connectivity index (χ4n) is 2.80. The maximum absolute atomic E-state index is 5.38. The highest BCUT2D eigenvalue weighted by molar-refractivity contribution is 5.27. The van der Waals surface area contributed by atoms with Crippen molar-refractivity contribution in [3.05, 3.63) is 35.4 Å². The van der Waals surface area contributed by atoms with Crippen LogP contribution in [0, 0.1) is 24.7 Å². The van der Waals surface area contributed by atoms with E-state index in [4.69, 9.17) is 6.42 Å².